The highest BCUT2D eigenvalue weighted by molar-refractivity contribution is 6.28. The van der Waals surface area contributed by atoms with Gasteiger partial charge in [0.25, 0.3) is 0 Å². The van der Waals surface area contributed by atoms with Crippen molar-refractivity contribution in [3.05, 3.63) is 46.6 Å². The van der Waals surface area contributed by atoms with Gasteiger partial charge in [0.1, 0.15) is 17.2 Å². The van der Waals surface area contributed by atoms with Gasteiger partial charge in [0.05, 0.1) is 12.2 Å². The van der Waals surface area contributed by atoms with Crippen molar-refractivity contribution in [1.29, 1.82) is 0 Å². The fourth-order valence-electron chi connectivity index (χ4n) is 4.58. The van der Waals surface area contributed by atoms with Crippen LogP contribution in [0, 0.1) is 12.7 Å². The molecule has 0 bridgehead atoms. The number of anilines is 2. The van der Waals surface area contributed by atoms with Crippen molar-refractivity contribution < 1.29 is 18.7 Å². The molecule has 1 saturated carbocycles. The second-order valence-electron chi connectivity index (χ2n) is 9.78. The number of aryl methyl sites for hydroxylation is 1. The zero-order chi connectivity index (χ0) is 24.6. The first-order chi connectivity index (χ1) is 16.0. The van der Waals surface area contributed by atoms with Crippen molar-refractivity contribution in [3.63, 3.8) is 0 Å². The molecular formula is C24H29ClFN5O3. The van der Waals surface area contributed by atoms with Crippen LogP contribution in [0.1, 0.15) is 57.6 Å². The summed E-state index contributed by atoms with van der Waals surface area (Å²) >= 11 is 6.07. The quantitative estimate of drug-likeness (QED) is 0.586. The van der Waals surface area contributed by atoms with Gasteiger partial charge in [-0.05, 0) is 76.6 Å². The normalized spacial score (nSPS) is 20.7. The summed E-state index contributed by atoms with van der Waals surface area (Å²) in [5.74, 6) is -0.00399. The molecule has 1 aromatic carbocycles. The number of alkyl carbamates (subject to hydrolysis) is 1. The number of halogens is 2. The fraction of sp³-hybridized carbons (Fsp3) is 0.500. The highest BCUT2D eigenvalue weighted by atomic mass is 35.5. The molecule has 1 aromatic heterocycles. The second-order valence-corrected chi connectivity index (χ2v) is 10.1. The van der Waals surface area contributed by atoms with Gasteiger partial charge in [-0.1, -0.05) is 12.1 Å². The minimum atomic E-state index is -0.571. The molecule has 2 aliphatic rings. The Labute approximate surface area is 203 Å². The van der Waals surface area contributed by atoms with Crippen molar-refractivity contribution in [2.75, 3.05) is 9.80 Å². The van der Waals surface area contributed by atoms with Crippen LogP contribution in [0.5, 0.6) is 0 Å². The minimum Gasteiger partial charge on any atom is -0.444 e. The number of aromatic nitrogens is 2. The van der Waals surface area contributed by atoms with E-state index in [1.807, 2.05) is 20.8 Å². The molecule has 1 fully saturated rings. The first-order valence-corrected chi connectivity index (χ1v) is 11.8. The summed E-state index contributed by atoms with van der Waals surface area (Å²) in [5, 5.41) is 2.97. The van der Waals surface area contributed by atoms with Gasteiger partial charge in [-0.3, -0.25) is 9.80 Å². The summed E-state index contributed by atoms with van der Waals surface area (Å²) in [6.07, 6.45) is 3.75. The monoisotopic (exact) mass is 489 g/mol. The molecular weight excluding hydrogens is 461 g/mol. The lowest BCUT2D eigenvalue weighted by molar-refractivity contribution is 0.0491. The Morgan fingerprint density at radius 1 is 1.24 bits per heavy atom. The Kier molecular flexibility index (Phi) is 6.66. The molecule has 0 radical (unpaired) electrons. The number of para-hydroxylation sites is 1. The molecule has 4 rings (SSSR count). The van der Waals surface area contributed by atoms with E-state index in [1.165, 1.54) is 11.0 Å². The van der Waals surface area contributed by atoms with Gasteiger partial charge in [0.2, 0.25) is 5.28 Å². The third kappa shape index (κ3) is 5.09. The van der Waals surface area contributed by atoms with Crippen LogP contribution in [0.2, 0.25) is 5.28 Å². The fourth-order valence-corrected chi connectivity index (χ4v) is 4.71. The molecule has 0 atom stereocenters. The maximum Gasteiger partial charge on any atom is 0.407 e. The number of fused-ring (bicyclic) bond motifs is 1. The Hall–Kier alpha value is -2.94. The number of carbonyl (C=O) groups is 2. The number of amides is 3. The third-order valence-electron chi connectivity index (χ3n) is 6.05. The van der Waals surface area contributed by atoms with Crippen molar-refractivity contribution >= 4 is 35.2 Å². The van der Waals surface area contributed by atoms with E-state index in [9.17, 15) is 14.0 Å². The number of nitrogens with zero attached hydrogens (tertiary/aromatic N) is 4. The van der Waals surface area contributed by atoms with Crippen LogP contribution < -0.4 is 15.1 Å². The standard InChI is InChI=1S/C24H29ClFN5O3/c1-14-6-5-7-18(26)19(14)30-13-15-12-27-21(25)29-20(15)31(23(30)33)17-10-8-16(9-11-17)28-22(32)34-24(2,3)4/h5-7,12,16-17H,8-11,13H2,1-4H3,(H,28,32)/t16-,17-. The topological polar surface area (TPSA) is 87.7 Å². The van der Waals surface area contributed by atoms with E-state index in [2.05, 4.69) is 15.3 Å². The van der Waals surface area contributed by atoms with Gasteiger partial charge >= 0.3 is 12.1 Å². The molecule has 34 heavy (non-hydrogen) atoms. The molecule has 0 spiro atoms. The van der Waals surface area contributed by atoms with Crippen LogP contribution in [-0.4, -0.2) is 39.8 Å². The third-order valence-corrected chi connectivity index (χ3v) is 6.23. The van der Waals surface area contributed by atoms with Gasteiger partial charge in [-0.2, -0.15) is 4.98 Å². The average Bonchev–Trinajstić information content (AvgIpc) is 2.74. The van der Waals surface area contributed by atoms with Gasteiger partial charge in [0.15, 0.2) is 0 Å². The number of hydrogen-bond acceptors (Lipinski definition) is 5. The van der Waals surface area contributed by atoms with E-state index < -0.39 is 17.5 Å². The van der Waals surface area contributed by atoms with Crippen LogP contribution in [0.25, 0.3) is 0 Å². The Morgan fingerprint density at radius 3 is 2.59 bits per heavy atom. The van der Waals surface area contributed by atoms with Crippen LogP contribution in [0.3, 0.4) is 0 Å². The molecule has 182 valence electrons. The summed E-state index contributed by atoms with van der Waals surface area (Å²) in [5.41, 5.74) is 1.04. The highest BCUT2D eigenvalue weighted by Crippen LogP contribution is 2.37. The smallest absolute Gasteiger partial charge is 0.407 e. The SMILES string of the molecule is Cc1cccc(F)c1N1Cc2cnc(Cl)nc2N([C@H]2CC[C@H](NC(=O)OC(C)(C)C)CC2)C1=O. The van der Waals surface area contributed by atoms with E-state index in [-0.39, 0.29) is 35.6 Å². The Morgan fingerprint density at radius 2 is 1.94 bits per heavy atom. The molecule has 0 saturated heterocycles. The number of ether oxygens (including phenoxy) is 1. The van der Waals surface area contributed by atoms with E-state index >= 15 is 0 Å². The Bertz CT molecular complexity index is 1080. The molecule has 10 heteroatoms. The first-order valence-electron chi connectivity index (χ1n) is 11.4. The number of rotatable bonds is 3. The molecule has 0 unspecified atom stereocenters. The molecule has 1 N–H and O–H groups in total. The molecule has 2 heterocycles. The molecule has 1 aliphatic carbocycles. The second kappa shape index (κ2) is 9.37. The largest absolute Gasteiger partial charge is 0.444 e. The number of carbonyl (C=O) groups excluding carboxylic acids is 2. The van der Waals surface area contributed by atoms with Gasteiger partial charge < -0.3 is 10.1 Å². The minimum absolute atomic E-state index is 0.0485. The zero-order valence-corrected chi connectivity index (χ0v) is 20.5. The molecule has 8 nitrogen and oxygen atoms in total. The summed E-state index contributed by atoms with van der Waals surface area (Å²) < 4.78 is 20.1. The predicted octanol–water partition coefficient (Wildman–Crippen LogP) is 5.36. The first kappa shape index (κ1) is 24.2. The predicted molar refractivity (Wildman–Crippen MR) is 128 cm³/mol. The maximum absolute atomic E-state index is 14.8. The van der Waals surface area contributed by atoms with Crippen molar-refractivity contribution in [1.82, 2.24) is 15.3 Å². The lowest BCUT2D eigenvalue weighted by Gasteiger charge is -2.42. The molecule has 1 aliphatic heterocycles. The van der Waals surface area contributed by atoms with E-state index in [4.69, 9.17) is 16.3 Å². The van der Waals surface area contributed by atoms with E-state index in [1.54, 1.807) is 30.2 Å². The van der Waals surface area contributed by atoms with Crippen molar-refractivity contribution in [2.24, 2.45) is 0 Å². The van der Waals surface area contributed by atoms with Crippen LogP contribution in [0.4, 0.5) is 25.5 Å². The highest BCUT2D eigenvalue weighted by Gasteiger charge is 2.40. The number of nitrogens with one attached hydrogen (secondary N) is 1. The number of urea groups is 1. The lowest BCUT2D eigenvalue weighted by atomic mass is 9.89. The maximum atomic E-state index is 14.8. The van der Waals surface area contributed by atoms with Crippen molar-refractivity contribution in [3.8, 4) is 0 Å². The van der Waals surface area contributed by atoms with Gasteiger partial charge in [-0.15, -0.1) is 0 Å². The van der Waals surface area contributed by atoms with Gasteiger partial charge in [-0.25, -0.2) is 19.0 Å². The zero-order valence-electron chi connectivity index (χ0n) is 19.8. The average molecular weight is 490 g/mol. The van der Waals surface area contributed by atoms with Gasteiger partial charge in [0, 0.05) is 23.8 Å². The summed E-state index contributed by atoms with van der Waals surface area (Å²) in [4.78, 5) is 37.3. The lowest BCUT2D eigenvalue weighted by Crippen LogP contribution is -2.54. The summed E-state index contributed by atoms with van der Waals surface area (Å²) in [6.45, 7) is 7.38. The summed E-state index contributed by atoms with van der Waals surface area (Å²) in [7, 11) is 0. The summed E-state index contributed by atoms with van der Waals surface area (Å²) in [6, 6.07) is 4.17. The van der Waals surface area contributed by atoms with Crippen LogP contribution in [-0.2, 0) is 11.3 Å². The van der Waals surface area contributed by atoms with E-state index in [0.29, 0.717) is 42.6 Å². The van der Waals surface area contributed by atoms with Crippen molar-refractivity contribution in [2.45, 2.75) is 77.6 Å². The molecule has 3 amide bonds. The van der Waals surface area contributed by atoms with Crippen LogP contribution in [0.15, 0.2) is 24.4 Å². The Balaban J connectivity index is 1.57. The van der Waals surface area contributed by atoms with E-state index in [0.717, 1.165) is 0 Å². The molecule has 2 aromatic rings. The number of benzene rings is 1. The number of hydrogen-bond donors (Lipinski definition) is 1. The van der Waals surface area contributed by atoms with Crippen LogP contribution >= 0.6 is 11.6 Å².